The fraction of sp³-hybridized carbons (Fsp3) is 0.286. The zero-order chi connectivity index (χ0) is 25.2. The molecule has 4 nitrogen and oxygen atoms in total. The van der Waals surface area contributed by atoms with E-state index in [0.29, 0.717) is 17.0 Å². The van der Waals surface area contributed by atoms with Crippen LogP contribution >= 0.6 is 23.4 Å². The van der Waals surface area contributed by atoms with Gasteiger partial charge in [0.25, 0.3) is 0 Å². The summed E-state index contributed by atoms with van der Waals surface area (Å²) in [6.45, 7) is 3.91. The summed E-state index contributed by atoms with van der Waals surface area (Å²) >= 11 is 7.33. The second-order valence-corrected chi connectivity index (χ2v) is 9.86. The first-order valence-corrected chi connectivity index (χ1v) is 13.0. The summed E-state index contributed by atoms with van der Waals surface area (Å²) in [5, 5.41) is 3.63. The average Bonchev–Trinajstić information content (AvgIpc) is 2.87. The summed E-state index contributed by atoms with van der Waals surface area (Å²) in [6, 6.07) is 22.3. The van der Waals surface area contributed by atoms with E-state index in [1.807, 2.05) is 56.3 Å². The fourth-order valence-electron chi connectivity index (χ4n) is 3.56. The number of thioether (sulfide) groups is 1. The van der Waals surface area contributed by atoms with Gasteiger partial charge in [0.15, 0.2) is 0 Å². The quantitative estimate of drug-likeness (QED) is 0.314. The summed E-state index contributed by atoms with van der Waals surface area (Å²) in [6.07, 6.45) is 1.09. The lowest BCUT2D eigenvalue weighted by Crippen LogP contribution is -2.52. The van der Waals surface area contributed by atoms with Gasteiger partial charge in [0.2, 0.25) is 11.8 Å². The molecule has 7 heteroatoms. The number of amides is 2. The molecular weight excluding hydrogens is 483 g/mol. The van der Waals surface area contributed by atoms with Gasteiger partial charge in [-0.3, -0.25) is 9.59 Å². The molecule has 0 aliphatic rings. The van der Waals surface area contributed by atoms with E-state index >= 15 is 0 Å². The van der Waals surface area contributed by atoms with Gasteiger partial charge in [0.05, 0.1) is 5.75 Å². The third-order valence-electron chi connectivity index (χ3n) is 5.75. The molecule has 0 saturated carbocycles. The minimum Gasteiger partial charge on any atom is -0.352 e. The minimum absolute atomic E-state index is 0.00187. The van der Waals surface area contributed by atoms with Crippen LogP contribution in [-0.2, 0) is 22.6 Å². The molecule has 35 heavy (non-hydrogen) atoms. The van der Waals surface area contributed by atoms with E-state index < -0.39 is 11.9 Å². The van der Waals surface area contributed by atoms with Gasteiger partial charge in [-0.1, -0.05) is 67.1 Å². The maximum atomic E-state index is 14.6. The molecule has 0 aliphatic carbocycles. The van der Waals surface area contributed by atoms with Crippen LogP contribution in [-0.4, -0.2) is 34.6 Å². The molecule has 3 rings (SSSR count). The largest absolute Gasteiger partial charge is 0.352 e. The number of nitrogens with zero attached hydrogens (tertiary/aromatic N) is 1. The molecule has 0 aromatic heterocycles. The van der Waals surface area contributed by atoms with Crippen LogP contribution in [0, 0.1) is 5.82 Å². The van der Waals surface area contributed by atoms with Crippen molar-refractivity contribution in [2.45, 2.75) is 50.2 Å². The second kappa shape index (κ2) is 13.3. The Morgan fingerprint density at radius 1 is 1.00 bits per heavy atom. The highest BCUT2D eigenvalue weighted by Gasteiger charge is 2.31. The van der Waals surface area contributed by atoms with Gasteiger partial charge in [-0.2, -0.15) is 0 Å². The first-order valence-electron chi connectivity index (χ1n) is 11.6. The van der Waals surface area contributed by atoms with Gasteiger partial charge in [0, 0.05) is 34.5 Å². The normalized spacial score (nSPS) is 12.6. The molecule has 0 unspecified atom stereocenters. The Morgan fingerprint density at radius 2 is 1.66 bits per heavy atom. The molecule has 3 aromatic carbocycles. The van der Waals surface area contributed by atoms with Crippen molar-refractivity contribution in [3.05, 3.63) is 101 Å². The Kier molecular flexibility index (Phi) is 10.2. The average molecular weight is 513 g/mol. The first-order chi connectivity index (χ1) is 16.9. The maximum Gasteiger partial charge on any atom is 0.243 e. The zero-order valence-electron chi connectivity index (χ0n) is 19.9. The minimum atomic E-state index is -0.788. The predicted molar refractivity (Wildman–Crippen MR) is 141 cm³/mol. The van der Waals surface area contributed by atoms with Crippen molar-refractivity contribution < 1.29 is 14.0 Å². The van der Waals surface area contributed by atoms with Crippen molar-refractivity contribution in [1.82, 2.24) is 10.2 Å². The Balaban J connectivity index is 1.91. The topological polar surface area (TPSA) is 49.4 Å². The van der Waals surface area contributed by atoms with Crippen LogP contribution in [0.25, 0.3) is 0 Å². The van der Waals surface area contributed by atoms with Crippen molar-refractivity contribution in [3.8, 4) is 0 Å². The number of carbonyl (C=O) groups excluding carboxylic acids is 2. The van der Waals surface area contributed by atoms with Crippen LogP contribution in [0.1, 0.15) is 31.4 Å². The van der Waals surface area contributed by atoms with Crippen LogP contribution in [0.5, 0.6) is 0 Å². The Morgan fingerprint density at radius 3 is 2.31 bits per heavy atom. The van der Waals surface area contributed by atoms with Crippen LogP contribution < -0.4 is 5.32 Å². The highest BCUT2D eigenvalue weighted by Crippen LogP contribution is 2.23. The summed E-state index contributed by atoms with van der Waals surface area (Å²) in [7, 11) is 0. The third-order valence-corrected chi connectivity index (χ3v) is 7.00. The third kappa shape index (κ3) is 8.11. The molecule has 0 radical (unpaired) electrons. The summed E-state index contributed by atoms with van der Waals surface area (Å²) in [5.41, 5.74) is 1.29. The summed E-state index contributed by atoms with van der Waals surface area (Å²) < 4.78 is 14.6. The number of hydrogen-bond acceptors (Lipinski definition) is 3. The lowest BCUT2D eigenvalue weighted by molar-refractivity contribution is -0.139. The Hall–Kier alpha value is -2.83. The number of halogens is 2. The van der Waals surface area contributed by atoms with E-state index in [1.165, 1.54) is 22.7 Å². The van der Waals surface area contributed by atoms with Gasteiger partial charge in [-0.25, -0.2) is 4.39 Å². The molecule has 2 atom stereocenters. The number of benzene rings is 3. The van der Waals surface area contributed by atoms with E-state index in [-0.39, 0.29) is 30.2 Å². The van der Waals surface area contributed by atoms with E-state index in [9.17, 15) is 14.0 Å². The van der Waals surface area contributed by atoms with Crippen molar-refractivity contribution in [2.24, 2.45) is 0 Å². The summed E-state index contributed by atoms with van der Waals surface area (Å²) in [5.74, 6) is -0.785. The van der Waals surface area contributed by atoms with Crippen LogP contribution in [0.15, 0.2) is 83.8 Å². The van der Waals surface area contributed by atoms with Gasteiger partial charge in [-0.05, 0) is 49.2 Å². The molecule has 0 bridgehead atoms. The monoisotopic (exact) mass is 512 g/mol. The van der Waals surface area contributed by atoms with E-state index in [2.05, 4.69) is 5.32 Å². The molecule has 0 spiro atoms. The Labute approximate surface area is 215 Å². The standard InChI is InChI=1S/C28H30ClFN2O2S/c1-3-20(2)31-28(34)26(17-21-9-5-4-6-10-21)32(18-22-11-7-8-12-25(22)30)27(33)19-35-24-15-13-23(29)14-16-24/h4-16,20,26H,3,17-19H2,1-2H3,(H,31,34)/t20-,26-/m0/s1. The molecule has 0 heterocycles. The van der Waals surface area contributed by atoms with Crippen molar-refractivity contribution in [1.29, 1.82) is 0 Å². The Bertz CT molecular complexity index is 1110. The number of carbonyl (C=O) groups is 2. The number of nitrogens with one attached hydrogen (secondary N) is 1. The SMILES string of the molecule is CC[C@H](C)NC(=O)[C@H](Cc1ccccc1)N(Cc1ccccc1F)C(=O)CSc1ccc(Cl)cc1. The number of rotatable bonds is 11. The van der Waals surface area contributed by atoms with E-state index in [0.717, 1.165) is 16.9 Å². The van der Waals surface area contributed by atoms with Crippen LogP contribution in [0.3, 0.4) is 0 Å². The first kappa shape index (κ1) is 26.8. The second-order valence-electron chi connectivity index (χ2n) is 8.38. The molecule has 184 valence electrons. The lowest BCUT2D eigenvalue weighted by atomic mass is 10.0. The van der Waals surface area contributed by atoms with E-state index in [1.54, 1.807) is 30.3 Å². The van der Waals surface area contributed by atoms with Crippen molar-refractivity contribution in [2.75, 3.05) is 5.75 Å². The van der Waals surface area contributed by atoms with Crippen molar-refractivity contribution >= 4 is 35.2 Å². The fourth-order valence-corrected chi connectivity index (χ4v) is 4.47. The van der Waals surface area contributed by atoms with Crippen molar-refractivity contribution in [3.63, 3.8) is 0 Å². The maximum absolute atomic E-state index is 14.6. The molecule has 3 aromatic rings. The zero-order valence-corrected chi connectivity index (χ0v) is 21.5. The van der Waals surface area contributed by atoms with Crippen LogP contribution in [0.2, 0.25) is 5.02 Å². The smallest absolute Gasteiger partial charge is 0.243 e. The lowest BCUT2D eigenvalue weighted by Gasteiger charge is -2.32. The highest BCUT2D eigenvalue weighted by molar-refractivity contribution is 8.00. The molecule has 0 saturated heterocycles. The molecule has 0 fully saturated rings. The van der Waals surface area contributed by atoms with Gasteiger partial charge >= 0.3 is 0 Å². The number of hydrogen-bond donors (Lipinski definition) is 1. The van der Waals surface area contributed by atoms with Gasteiger partial charge in [0.1, 0.15) is 11.9 Å². The summed E-state index contributed by atoms with van der Waals surface area (Å²) in [4.78, 5) is 29.4. The molecule has 2 amide bonds. The highest BCUT2D eigenvalue weighted by atomic mass is 35.5. The molecular formula is C28H30ClFN2O2S. The molecule has 0 aliphatic heterocycles. The van der Waals surface area contributed by atoms with Gasteiger partial charge in [-0.15, -0.1) is 11.8 Å². The van der Waals surface area contributed by atoms with Crippen LogP contribution in [0.4, 0.5) is 4.39 Å². The predicted octanol–water partition coefficient (Wildman–Crippen LogP) is 6.13. The van der Waals surface area contributed by atoms with Gasteiger partial charge < -0.3 is 10.2 Å². The van der Waals surface area contributed by atoms with E-state index in [4.69, 9.17) is 11.6 Å². The molecule has 1 N–H and O–H groups in total.